The summed E-state index contributed by atoms with van der Waals surface area (Å²) in [5.41, 5.74) is 1.40. The molecule has 0 saturated heterocycles. The lowest BCUT2D eigenvalue weighted by Crippen LogP contribution is -3.00. The molecule has 2 heteroatoms. The fraction of sp³-hybridized carbons (Fsp3) is 0.600. The van der Waals surface area contributed by atoms with E-state index in [9.17, 15) is 0 Å². The lowest BCUT2D eigenvalue weighted by molar-refractivity contribution is -0.00000459. The molecule has 0 fully saturated rings. The van der Waals surface area contributed by atoms with Gasteiger partial charge in [0.15, 0.2) is 0 Å². The highest BCUT2D eigenvalue weighted by Crippen LogP contribution is 2.70. The first-order valence-electron chi connectivity index (χ1n) is 8.81. The van der Waals surface area contributed by atoms with E-state index in [4.69, 9.17) is 0 Å². The summed E-state index contributed by atoms with van der Waals surface area (Å²) < 4.78 is 0. The van der Waals surface area contributed by atoms with Gasteiger partial charge < -0.3 is 17.0 Å². The van der Waals surface area contributed by atoms with Crippen molar-refractivity contribution in [1.82, 2.24) is 0 Å². The highest BCUT2D eigenvalue weighted by molar-refractivity contribution is 7.85. The van der Waals surface area contributed by atoms with E-state index in [1.165, 1.54) is 67.9 Å². The van der Waals surface area contributed by atoms with E-state index in [0.717, 1.165) is 0 Å². The molecule has 0 aliphatic heterocycles. The van der Waals surface area contributed by atoms with Gasteiger partial charge in [-0.3, -0.25) is 0 Å². The molecule has 0 radical (unpaired) electrons. The predicted molar refractivity (Wildman–Crippen MR) is 102 cm³/mol. The first-order valence-corrected chi connectivity index (χ1v) is 11.2. The van der Waals surface area contributed by atoms with Crippen LogP contribution < -0.4 is 17.0 Å². The Kier molecular flexibility index (Phi) is 12.2. The smallest absolute Gasteiger partial charge is 0.0940 e. The minimum Gasteiger partial charge on any atom is -1.00 e. The Morgan fingerprint density at radius 3 is 1.59 bits per heavy atom. The summed E-state index contributed by atoms with van der Waals surface area (Å²) in [6.07, 6.45) is 12.3. The molecular formula is C20H34BrP. The summed E-state index contributed by atoms with van der Waals surface area (Å²) in [5.74, 6) is 0. The van der Waals surface area contributed by atoms with Crippen LogP contribution in [0.5, 0.6) is 0 Å². The van der Waals surface area contributed by atoms with E-state index in [1.807, 2.05) is 0 Å². The molecule has 1 aromatic rings. The van der Waals surface area contributed by atoms with Crippen molar-refractivity contribution < 1.29 is 17.0 Å². The van der Waals surface area contributed by atoms with Crippen LogP contribution in [-0.4, -0.2) is 18.5 Å². The topological polar surface area (TPSA) is 0 Å². The third-order valence-electron chi connectivity index (χ3n) is 4.50. The van der Waals surface area contributed by atoms with E-state index in [-0.39, 0.29) is 17.0 Å². The number of benzene rings is 1. The second-order valence-electron chi connectivity index (χ2n) is 6.19. The summed E-state index contributed by atoms with van der Waals surface area (Å²) in [5, 5.41) is 1.50. The Morgan fingerprint density at radius 1 is 0.818 bits per heavy atom. The molecule has 0 unspecified atom stereocenters. The van der Waals surface area contributed by atoms with Gasteiger partial charge in [0.05, 0.1) is 23.8 Å². The molecule has 0 amide bonds. The third kappa shape index (κ3) is 6.55. The van der Waals surface area contributed by atoms with Gasteiger partial charge in [0.25, 0.3) is 0 Å². The SMILES string of the molecule is C=C(c1ccccc1)[P+](CCCC)(CCCC)CCCC.[Br-]. The van der Waals surface area contributed by atoms with E-state index in [2.05, 4.69) is 57.7 Å². The molecule has 0 aliphatic rings. The molecule has 126 valence electrons. The molecule has 0 N–H and O–H groups in total. The molecule has 1 aromatic carbocycles. The van der Waals surface area contributed by atoms with Crippen molar-refractivity contribution in [2.75, 3.05) is 18.5 Å². The summed E-state index contributed by atoms with van der Waals surface area (Å²) in [6.45, 7) is 11.6. The van der Waals surface area contributed by atoms with Crippen molar-refractivity contribution in [2.24, 2.45) is 0 Å². The van der Waals surface area contributed by atoms with Crippen LogP contribution in [-0.2, 0) is 0 Å². The second-order valence-corrected chi connectivity index (χ2v) is 10.4. The first kappa shape index (κ1) is 21.9. The van der Waals surface area contributed by atoms with Crippen molar-refractivity contribution in [2.45, 2.75) is 59.3 Å². The van der Waals surface area contributed by atoms with E-state index >= 15 is 0 Å². The molecule has 0 spiro atoms. The van der Waals surface area contributed by atoms with Crippen LogP contribution in [0, 0.1) is 0 Å². The Morgan fingerprint density at radius 2 is 1.23 bits per heavy atom. The second kappa shape index (κ2) is 12.3. The average molecular weight is 385 g/mol. The third-order valence-corrected chi connectivity index (χ3v) is 9.42. The normalized spacial score (nSPS) is 11.0. The maximum Gasteiger partial charge on any atom is 0.0940 e. The van der Waals surface area contributed by atoms with Gasteiger partial charge in [-0.2, -0.15) is 0 Å². The number of halogens is 1. The van der Waals surface area contributed by atoms with Gasteiger partial charge >= 0.3 is 0 Å². The van der Waals surface area contributed by atoms with E-state index < -0.39 is 7.26 Å². The predicted octanol–water partition coefficient (Wildman–Crippen LogP) is 4.08. The lowest BCUT2D eigenvalue weighted by atomic mass is 10.2. The van der Waals surface area contributed by atoms with E-state index in [1.54, 1.807) is 0 Å². The van der Waals surface area contributed by atoms with Gasteiger partial charge in [0, 0.05) is 12.8 Å². The number of rotatable bonds is 11. The maximum absolute atomic E-state index is 4.61. The Bertz CT molecular complexity index is 378. The number of unbranched alkanes of at least 4 members (excludes halogenated alkanes) is 3. The van der Waals surface area contributed by atoms with Crippen molar-refractivity contribution in [1.29, 1.82) is 0 Å². The van der Waals surface area contributed by atoms with Crippen LogP contribution in [0.15, 0.2) is 36.9 Å². The lowest BCUT2D eigenvalue weighted by Gasteiger charge is -2.29. The standard InChI is InChI=1S/C20H34P.BrH/c1-5-8-16-21(17-9-6-2,18-10-7-3)19(4)20-14-12-11-13-15-20;/h11-15H,4-10,16-18H2,1-3H3;1H/q+1;/p-1. The van der Waals surface area contributed by atoms with Crippen molar-refractivity contribution >= 4 is 12.6 Å². The maximum atomic E-state index is 4.61. The van der Waals surface area contributed by atoms with Crippen molar-refractivity contribution in [3.8, 4) is 0 Å². The fourth-order valence-corrected chi connectivity index (χ4v) is 7.97. The minimum absolute atomic E-state index is 0. The Labute approximate surface area is 149 Å². The summed E-state index contributed by atoms with van der Waals surface area (Å²) in [7, 11) is -1.05. The van der Waals surface area contributed by atoms with Crippen LogP contribution in [0.3, 0.4) is 0 Å². The highest BCUT2D eigenvalue weighted by Gasteiger charge is 2.39. The van der Waals surface area contributed by atoms with Crippen LogP contribution in [0.2, 0.25) is 0 Å². The van der Waals surface area contributed by atoms with Crippen molar-refractivity contribution in [3.05, 3.63) is 42.5 Å². The van der Waals surface area contributed by atoms with Crippen LogP contribution >= 0.6 is 7.26 Å². The van der Waals surface area contributed by atoms with Gasteiger partial charge in [-0.25, -0.2) is 0 Å². The van der Waals surface area contributed by atoms with Crippen molar-refractivity contribution in [3.63, 3.8) is 0 Å². The summed E-state index contributed by atoms with van der Waals surface area (Å²) >= 11 is 0. The monoisotopic (exact) mass is 384 g/mol. The van der Waals surface area contributed by atoms with Gasteiger partial charge in [-0.05, 0) is 19.3 Å². The molecule has 22 heavy (non-hydrogen) atoms. The highest BCUT2D eigenvalue weighted by atomic mass is 79.9. The first-order chi connectivity index (χ1) is 10.2. The summed E-state index contributed by atoms with van der Waals surface area (Å²) in [4.78, 5) is 0. The minimum atomic E-state index is -1.05. The molecule has 0 saturated carbocycles. The molecule has 0 aliphatic carbocycles. The molecule has 0 aromatic heterocycles. The fourth-order valence-electron chi connectivity index (χ4n) is 3.03. The molecule has 0 bridgehead atoms. The number of hydrogen-bond acceptors (Lipinski definition) is 0. The molecule has 0 nitrogen and oxygen atoms in total. The van der Waals surface area contributed by atoms with Gasteiger partial charge in [0.2, 0.25) is 0 Å². The average Bonchev–Trinajstić information content (AvgIpc) is 2.55. The zero-order valence-corrected chi connectivity index (χ0v) is 17.3. The van der Waals surface area contributed by atoms with Gasteiger partial charge in [0.1, 0.15) is 0 Å². The van der Waals surface area contributed by atoms with Crippen LogP contribution in [0.4, 0.5) is 0 Å². The van der Waals surface area contributed by atoms with Gasteiger partial charge in [-0.15, -0.1) is 0 Å². The quantitative estimate of drug-likeness (QED) is 0.504. The zero-order valence-electron chi connectivity index (χ0n) is 14.8. The molecule has 0 atom stereocenters. The Balaban J connectivity index is 0.00000441. The number of hydrogen-bond donors (Lipinski definition) is 0. The molecule has 0 heterocycles. The largest absolute Gasteiger partial charge is 1.00 e. The Hall–Kier alpha value is -0.130. The van der Waals surface area contributed by atoms with Crippen LogP contribution in [0.1, 0.15) is 64.9 Å². The zero-order chi connectivity index (χ0) is 15.6. The summed E-state index contributed by atoms with van der Waals surface area (Å²) in [6, 6.07) is 11.0. The van der Waals surface area contributed by atoms with Crippen LogP contribution in [0.25, 0.3) is 5.31 Å². The van der Waals surface area contributed by atoms with E-state index in [0.29, 0.717) is 0 Å². The van der Waals surface area contributed by atoms with Gasteiger partial charge in [-0.1, -0.05) is 76.9 Å². The molecule has 1 rings (SSSR count). The molecular weight excluding hydrogens is 351 g/mol.